The molecule has 11 nitrogen and oxygen atoms in total. The standard InChI is InChI=1S/C28H33F2N3O8/c1-11-13-5-4-12(10-33-8-6-27(29,30)7-9-33)20(34)15(13)21(35)16-14(11)22(36)18-19(32(2)3)23(37)17(26(31)40)25(39)28(18,41)24(16)38/h4-5,11,14,16-19,22,34,36,41H,6-10H2,1-3H3,(H2,31,40)/t11-,14+,16?,17?,18+,19-,22-,28-/m0/s1. The summed E-state index contributed by atoms with van der Waals surface area (Å²) in [5.41, 5.74) is 2.63. The number of primary amides is 1. The average molecular weight is 578 g/mol. The van der Waals surface area contributed by atoms with Crippen LogP contribution in [0.4, 0.5) is 8.78 Å². The number of phenols is 1. The molecular formula is C28H33F2N3O8. The molecule has 3 aliphatic carbocycles. The quantitative estimate of drug-likeness (QED) is 0.345. The molecule has 1 saturated heterocycles. The molecule has 3 fully saturated rings. The lowest BCUT2D eigenvalue weighted by atomic mass is 9.49. The van der Waals surface area contributed by atoms with Crippen LogP contribution in [0.5, 0.6) is 5.75 Å². The van der Waals surface area contributed by atoms with E-state index in [4.69, 9.17) is 5.73 Å². The molecule has 0 spiro atoms. The van der Waals surface area contributed by atoms with Crippen molar-refractivity contribution in [3.05, 3.63) is 28.8 Å². The molecule has 0 aromatic heterocycles. The van der Waals surface area contributed by atoms with E-state index in [1.165, 1.54) is 19.0 Å². The van der Waals surface area contributed by atoms with Gasteiger partial charge in [-0.25, -0.2) is 8.78 Å². The van der Waals surface area contributed by atoms with Crippen LogP contribution >= 0.6 is 0 Å². The molecule has 1 aromatic carbocycles. The number of ketones is 4. The summed E-state index contributed by atoms with van der Waals surface area (Å²) in [6, 6.07) is 1.70. The van der Waals surface area contributed by atoms with Crippen LogP contribution < -0.4 is 5.73 Å². The predicted molar refractivity (Wildman–Crippen MR) is 137 cm³/mol. The Hall–Kier alpha value is -3.13. The molecule has 5 N–H and O–H groups in total. The number of Topliss-reactive ketones (excluding diaryl/α,β-unsaturated/α-hetero) is 4. The van der Waals surface area contributed by atoms with Crippen LogP contribution in [0, 0.1) is 23.7 Å². The molecule has 4 aliphatic rings. The zero-order valence-electron chi connectivity index (χ0n) is 22.8. The zero-order valence-corrected chi connectivity index (χ0v) is 22.8. The van der Waals surface area contributed by atoms with Gasteiger partial charge in [-0.1, -0.05) is 19.1 Å². The van der Waals surface area contributed by atoms with E-state index < -0.39 is 88.0 Å². The van der Waals surface area contributed by atoms with Crippen molar-refractivity contribution in [2.45, 2.75) is 55.9 Å². The topological polar surface area (TPSA) is 179 Å². The third kappa shape index (κ3) is 4.16. The maximum atomic E-state index is 14.0. The zero-order chi connectivity index (χ0) is 30.3. The van der Waals surface area contributed by atoms with Gasteiger partial charge in [-0.3, -0.25) is 33.8 Å². The number of phenolic OH excluding ortho intramolecular Hbond substituents is 1. The number of likely N-dealkylation sites (N-methyl/N-ethyl adjacent to an activating group) is 1. The molecule has 0 radical (unpaired) electrons. The number of likely N-dealkylation sites (tertiary alicyclic amines) is 1. The van der Waals surface area contributed by atoms with Gasteiger partial charge < -0.3 is 21.1 Å². The van der Waals surface area contributed by atoms with E-state index in [1.54, 1.807) is 24.0 Å². The van der Waals surface area contributed by atoms with E-state index >= 15 is 0 Å². The number of carbonyl (C=O) groups excluding carboxylic acids is 5. The molecule has 5 rings (SSSR count). The number of aromatic hydroxyl groups is 1. The van der Waals surface area contributed by atoms with Crippen molar-refractivity contribution in [3.8, 4) is 5.75 Å². The highest BCUT2D eigenvalue weighted by atomic mass is 19.3. The molecule has 222 valence electrons. The predicted octanol–water partition coefficient (Wildman–Crippen LogP) is -0.370. The summed E-state index contributed by atoms with van der Waals surface area (Å²) in [6.07, 6.45) is -2.40. The number of hydrogen-bond donors (Lipinski definition) is 4. The van der Waals surface area contributed by atoms with E-state index in [1.807, 2.05) is 0 Å². The number of aliphatic hydroxyl groups excluding tert-OH is 1. The molecule has 1 amide bonds. The third-order valence-electron chi connectivity index (χ3n) is 9.55. The molecule has 2 unspecified atom stereocenters. The summed E-state index contributed by atoms with van der Waals surface area (Å²) in [4.78, 5) is 69.7. The van der Waals surface area contributed by atoms with Crippen LogP contribution in [-0.4, -0.2) is 105 Å². The number of fused-ring (bicyclic) bond motifs is 3. The molecule has 0 bridgehead atoms. The maximum Gasteiger partial charge on any atom is 0.250 e. The first-order valence-corrected chi connectivity index (χ1v) is 13.5. The van der Waals surface area contributed by atoms with Gasteiger partial charge in [0.05, 0.1) is 29.5 Å². The number of hydrogen-bond acceptors (Lipinski definition) is 10. The SMILES string of the molecule is C[C@H]1c2ccc(CN3CCC(F)(F)CC3)c(O)c2C(=O)C2C(=O)[C@]3(O)C(=O)C(C(N)=O)C(=O)[C@@H](N(C)C)[C@@H]3[C@@H](O)[C@@H]21. The normalized spacial score (nSPS) is 37.0. The Morgan fingerprint density at radius 2 is 1.73 bits per heavy atom. The number of alkyl halides is 2. The van der Waals surface area contributed by atoms with E-state index in [0.717, 1.165) is 0 Å². The van der Waals surface area contributed by atoms with Crippen LogP contribution in [0.3, 0.4) is 0 Å². The molecule has 13 heteroatoms. The first-order valence-electron chi connectivity index (χ1n) is 13.5. The summed E-state index contributed by atoms with van der Waals surface area (Å²) in [6.45, 7) is 1.84. The summed E-state index contributed by atoms with van der Waals surface area (Å²) < 4.78 is 27.2. The summed E-state index contributed by atoms with van der Waals surface area (Å²) >= 11 is 0. The van der Waals surface area contributed by atoms with Gasteiger partial charge in [0, 0.05) is 44.0 Å². The van der Waals surface area contributed by atoms with Crippen LogP contribution in [0.2, 0.25) is 0 Å². The number of amides is 1. The van der Waals surface area contributed by atoms with Crippen molar-refractivity contribution < 1.29 is 48.1 Å². The Labute approximate surface area is 234 Å². The van der Waals surface area contributed by atoms with Crippen molar-refractivity contribution in [2.24, 2.45) is 29.4 Å². The Morgan fingerprint density at radius 1 is 1.12 bits per heavy atom. The number of benzene rings is 1. The van der Waals surface area contributed by atoms with E-state index in [9.17, 15) is 48.1 Å². The van der Waals surface area contributed by atoms with Gasteiger partial charge >= 0.3 is 0 Å². The number of carbonyl (C=O) groups is 5. The fourth-order valence-corrected chi connectivity index (χ4v) is 7.44. The number of halogens is 2. The van der Waals surface area contributed by atoms with E-state index in [0.29, 0.717) is 5.56 Å². The second-order valence-electron chi connectivity index (χ2n) is 12.0. The van der Waals surface area contributed by atoms with Crippen molar-refractivity contribution >= 4 is 29.0 Å². The highest BCUT2D eigenvalue weighted by Crippen LogP contribution is 2.54. The van der Waals surface area contributed by atoms with Crippen molar-refractivity contribution in [1.82, 2.24) is 9.80 Å². The first kappa shape index (κ1) is 29.4. The number of piperidine rings is 1. The fraction of sp³-hybridized carbons (Fsp3) is 0.607. The highest BCUT2D eigenvalue weighted by Gasteiger charge is 2.72. The highest BCUT2D eigenvalue weighted by molar-refractivity contribution is 6.32. The second kappa shape index (κ2) is 9.72. The smallest absolute Gasteiger partial charge is 0.250 e. The first-order chi connectivity index (χ1) is 19.0. The molecule has 41 heavy (non-hydrogen) atoms. The van der Waals surface area contributed by atoms with Gasteiger partial charge in [0.15, 0.2) is 34.7 Å². The van der Waals surface area contributed by atoms with Gasteiger partial charge in [0.25, 0.3) is 5.92 Å². The summed E-state index contributed by atoms with van der Waals surface area (Å²) in [5, 5.41) is 34.5. The van der Waals surface area contributed by atoms with Crippen LogP contribution in [-0.2, 0) is 25.7 Å². The van der Waals surface area contributed by atoms with Crippen LogP contribution in [0.25, 0.3) is 0 Å². The van der Waals surface area contributed by atoms with Crippen LogP contribution in [0.15, 0.2) is 12.1 Å². The van der Waals surface area contributed by atoms with Crippen molar-refractivity contribution in [3.63, 3.8) is 0 Å². The number of nitrogens with two attached hydrogens (primary N) is 1. The van der Waals surface area contributed by atoms with Crippen molar-refractivity contribution in [1.29, 1.82) is 0 Å². The van der Waals surface area contributed by atoms with Gasteiger partial charge in [-0.15, -0.1) is 0 Å². The Balaban J connectivity index is 1.58. The molecule has 2 saturated carbocycles. The third-order valence-corrected chi connectivity index (χ3v) is 9.55. The van der Waals surface area contributed by atoms with E-state index in [2.05, 4.69) is 0 Å². The number of nitrogens with zero attached hydrogens (tertiary/aromatic N) is 2. The number of rotatable bonds is 4. The van der Waals surface area contributed by atoms with Gasteiger partial charge in [0.1, 0.15) is 5.75 Å². The number of aliphatic hydroxyl groups is 2. The lowest BCUT2D eigenvalue weighted by molar-refractivity contribution is -0.196. The summed E-state index contributed by atoms with van der Waals surface area (Å²) in [7, 11) is 2.85. The maximum absolute atomic E-state index is 14.0. The minimum absolute atomic E-state index is 0.0684. The van der Waals surface area contributed by atoms with E-state index in [-0.39, 0.29) is 43.6 Å². The summed E-state index contributed by atoms with van der Waals surface area (Å²) in [5.74, 6) is -16.7. The lowest BCUT2D eigenvalue weighted by Gasteiger charge is -2.56. The second-order valence-corrected chi connectivity index (χ2v) is 12.0. The largest absolute Gasteiger partial charge is 0.507 e. The van der Waals surface area contributed by atoms with Gasteiger partial charge in [0.2, 0.25) is 5.91 Å². The molecular weight excluding hydrogens is 544 g/mol. The van der Waals surface area contributed by atoms with Crippen LogP contribution in [0.1, 0.15) is 47.2 Å². The Bertz CT molecular complexity index is 1360. The Kier molecular flexibility index (Phi) is 6.96. The minimum Gasteiger partial charge on any atom is -0.507 e. The lowest BCUT2D eigenvalue weighted by Crippen LogP contribution is -2.77. The molecule has 8 atom stereocenters. The van der Waals surface area contributed by atoms with Gasteiger partial charge in [-0.2, -0.15) is 0 Å². The van der Waals surface area contributed by atoms with Crippen molar-refractivity contribution in [2.75, 3.05) is 27.2 Å². The average Bonchev–Trinajstić information content (AvgIpc) is 2.88. The molecule has 1 aromatic rings. The minimum atomic E-state index is -3.07. The fourth-order valence-electron chi connectivity index (χ4n) is 7.44. The Morgan fingerprint density at radius 3 is 2.29 bits per heavy atom. The van der Waals surface area contributed by atoms with Gasteiger partial charge in [-0.05, 0) is 25.6 Å². The molecule has 1 heterocycles. The monoisotopic (exact) mass is 577 g/mol. The molecule has 1 aliphatic heterocycles.